The van der Waals surface area contributed by atoms with Crippen molar-refractivity contribution in [3.63, 3.8) is 0 Å². The molecule has 5 N–H and O–H groups in total. The molecule has 3 nitrogen and oxygen atoms in total. The van der Waals surface area contributed by atoms with E-state index in [1.54, 1.807) is 6.08 Å². The lowest BCUT2D eigenvalue weighted by atomic mass is 10.1. The van der Waals surface area contributed by atoms with Gasteiger partial charge in [0.25, 0.3) is 0 Å². The van der Waals surface area contributed by atoms with Crippen LogP contribution in [0.1, 0.15) is 5.56 Å². The Morgan fingerprint density at radius 3 is 2.40 bits per heavy atom. The van der Waals surface area contributed by atoms with Gasteiger partial charge in [0.05, 0.1) is 6.61 Å². The standard InChI is InChI=1S/C11H15NO2.ClH/c12-10(11(14)8-13)7-6-9-4-2-1-3-5-9;/h1-7,10-11,13-14H,8,12H2;1H/b7-6+;/t10-,11+;/m0./s1. The number of aliphatic hydroxyl groups is 2. The number of benzene rings is 1. The minimum absolute atomic E-state index is 0. The molecule has 0 aromatic heterocycles. The van der Waals surface area contributed by atoms with Crippen LogP contribution >= 0.6 is 0 Å². The maximum absolute atomic E-state index is 9.24. The fourth-order valence-electron chi connectivity index (χ4n) is 1.06. The molecule has 1 rings (SSSR count). The van der Waals surface area contributed by atoms with Crippen LogP contribution in [0.4, 0.5) is 0 Å². The summed E-state index contributed by atoms with van der Waals surface area (Å²) in [6, 6.07) is 9.49. The van der Waals surface area contributed by atoms with Gasteiger partial charge in [0, 0.05) is 0 Å². The lowest BCUT2D eigenvalue weighted by Crippen LogP contribution is -3.00. The lowest BCUT2D eigenvalue weighted by molar-refractivity contribution is -0.421. The first kappa shape index (κ1) is 14.1. The molecule has 0 aliphatic rings. The van der Waals surface area contributed by atoms with Crippen molar-refractivity contribution < 1.29 is 28.4 Å². The smallest absolute Gasteiger partial charge is 0.132 e. The SMILES string of the molecule is [Cl-].[NH3+][C@@H](/C=C/c1ccccc1)[C@H](O)CO. The molecule has 1 aromatic carbocycles. The molecule has 0 saturated heterocycles. The number of aliphatic hydroxyl groups excluding tert-OH is 2. The zero-order valence-corrected chi connectivity index (χ0v) is 9.14. The van der Waals surface area contributed by atoms with E-state index in [2.05, 4.69) is 5.73 Å². The Bertz CT molecular complexity index is 290. The average molecular weight is 230 g/mol. The van der Waals surface area contributed by atoms with Gasteiger partial charge < -0.3 is 28.4 Å². The number of hydrogen-bond acceptors (Lipinski definition) is 2. The molecule has 0 fully saturated rings. The van der Waals surface area contributed by atoms with E-state index < -0.39 is 6.10 Å². The molecule has 4 heteroatoms. The van der Waals surface area contributed by atoms with E-state index >= 15 is 0 Å². The van der Waals surface area contributed by atoms with Crippen molar-refractivity contribution in [1.82, 2.24) is 0 Å². The van der Waals surface area contributed by atoms with Crippen LogP contribution in [-0.2, 0) is 0 Å². The van der Waals surface area contributed by atoms with Gasteiger partial charge in [-0.05, 0) is 11.6 Å². The van der Waals surface area contributed by atoms with Crippen LogP contribution in [0.15, 0.2) is 36.4 Å². The summed E-state index contributed by atoms with van der Waals surface area (Å²) in [4.78, 5) is 0. The van der Waals surface area contributed by atoms with Crippen LogP contribution in [0.3, 0.4) is 0 Å². The molecular weight excluding hydrogens is 214 g/mol. The van der Waals surface area contributed by atoms with Crippen LogP contribution < -0.4 is 18.1 Å². The highest BCUT2D eigenvalue weighted by Crippen LogP contribution is 2.02. The van der Waals surface area contributed by atoms with Crippen molar-refractivity contribution in [2.75, 3.05) is 6.61 Å². The number of rotatable bonds is 4. The van der Waals surface area contributed by atoms with E-state index in [-0.39, 0.29) is 25.1 Å². The number of hydrogen-bond donors (Lipinski definition) is 3. The molecule has 0 aliphatic carbocycles. The Kier molecular flexibility index (Phi) is 6.99. The minimum atomic E-state index is -0.782. The Morgan fingerprint density at radius 2 is 1.87 bits per heavy atom. The first-order valence-corrected chi connectivity index (χ1v) is 4.59. The van der Waals surface area contributed by atoms with Crippen molar-refractivity contribution in [2.45, 2.75) is 12.1 Å². The van der Waals surface area contributed by atoms with Crippen molar-refractivity contribution >= 4 is 6.08 Å². The second kappa shape index (κ2) is 7.43. The highest BCUT2D eigenvalue weighted by atomic mass is 35.5. The molecule has 0 aliphatic heterocycles. The molecule has 15 heavy (non-hydrogen) atoms. The van der Waals surface area contributed by atoms with Crippen LogP contribution in [0.2, 0.25) is 0 Å². The summed E-state index contributed by atoms with van der Waals surface area (Å²) in [6.45, 7) is -0.257. The molecular formula is C11H16ClNO2. The molecule has 0 radical (unpaired) electrons. The van der Waals surface area contributed by atoms with Gasteiger partial charge in [0.15, 0.2) is 0 Å². The maximum Gasteiger partial charge on any atom is 0.132 e. The minimum Gasteiger partial charge on any atom is -1.00 e. The zero-order valence-electron chi connectivity index (χ0n) is 8.38. The van der Waals surface area contributed by atoms with Crippen molar-refractivity contribution in [3.8, 4) is 0 Å². The average Bonchev–Trinajstić information content (AvgIpc) is 2.26. The number of halogens is 1. The largest absolute Gasteiger partial charge is 1.00 e. The Labute approximate surface area is 95.6 Å². The van der Waals surface area contributed by atoms with E-state index in [1.807, 2.05) is 36.4 Å². The Hall–Kier alpha value is -0.870. The third-order valence-electron chi connectivity index (χ3n) is 2.02. The normalized spacial score (nSPS) is 14.6. The van der Waals surface area contributed by atoms with Crippen molar-refractivity contribution in [3.05, 3.63) is 42.0 Å². The van der Waals surface area contributed by atoms with Gasteiger partial charge in [-0.15, -0.1) is 0 Å². The highest BCUT2D eigenvalue weighted by molar-refractivity contribution is 5.49. The van der Waals surface area contributed by atoms with Gasteiger partial charge in [-0.25, -0.2) is 0 Å². The molecule has 84 valence electrons. The first-order valence-electron chi connectivity index (χ1n) is 4.59. The third kappa shape index (κ3) is 4.95. The summed E-state index contributed by atoms with van der Waals surface area (Å²) in [6.07, 6.45) is 2.89. The first-order chi connectivity index (χ1) is 6.74. The Balaban J connectivity index is 0.00000196. The van der Waals surface area contributed by atoms with Gasteiger partial charge in [0.1, 0.15) is 12.1 Å². The molecule has 0 saturated carbocycles. The molecule has 0 heterocycles. The second-order valence-electron chi connectivity index (χ2n) is 3.18. The fraction of sp³-hybridized carbons (Fsp3) is 0.273. The molecule has 2 atom stereocenters. The lowest BCUT2D eigenvalue weighted by Gasteiger charge is -2.08. The highest BCUT2D eigenvalue weighted by Gasteiger charge is 2.12. The second-order valence-corrected chi connectivity index (χ2v) is 3.18. The fourth-order valence-corrected chi connectivity index (χ4v) is 1.06. The molecule has 0 unspecified atom stereocenters. The van der Waals surface area contributed by atoms with E-state index in [4.69, 9.17) is 5.11 Å². The monoisotopic (exact) mass is 229 g/mol. The van der Waals surface area contributed by atoms with Gasteiger partial charge in [-0.2, -0.15) is 0 Å². The van der Waals surface area contributed by atoms with E-state index in [9.17, 15) is 5.11 Å². The van der Waals surface area contributed by atoms with Gasteiger partial charge in [-0.1, -0.05) is 36.4 Å². The van der Waals surface area contributed by atoms with E-state index in [0.717, 1.165) is 5.56 Å². The summed E-state index contributed by atoms with van der Waals surface area (Å²) in [5.74, 6) is 0. The van der Waals surface area contributed by atoms with Crippen LogP contribution in [0.5, 0.6) is 0 Å². The van der Waals surface area contributed by atoms with Crippen molar-refractivity contribution in [1.29, 1.82) is 0 Å². The topological polar surface area (TPSA) is 68.1 Å². The van der Waals surface area contributed by atoms with Crippen LogP contribution in [-0.4, -0.2) is 29.0 Å². The maximum atomic E-state index is 9.24. The summed E-state index contributed by atoms with van der Waals surface area (Å²) < 4.78 is 0. The van der Waals surface area contributed by atoms with Crippen molar-refractivity contribution in [2.24, 2.45) is 0 Å². The molecule has 0 amide bonds. The third-order valence-corrected chi connectivity index (χ3v) is 2.02. The van der Waals surface area contributed by atoms with E-state index in [1.165, 1.54) is 0 Å². The van der Waals surface area contributed by atoms with Gasteiger partial charge in [0.2, 0.25) is 0 Å². The quantitative estimate of drug-likeness (QED) is 0.506. The molecule has 0 bridgehead atoms. The summed E-state index contributed by atoms with van der Waals surface area (Å²) in [7, 11) is 0. The van der Waals surface area contributed by atoms with Gasteiger partial charge >= 0.3 is 0 Å². The molecule has 1 aromatic rings. The summed E-state index contributed by atoms with van der Waals surface area (Å²) >= 11 is 0. The summed E-state index contributed by atoms with van der Waals surface area (Å²) in [5.41, 5.74) is 4.79. The predicted molar refractivity (Wildman–Crippen MR) is 55.2 cm³/mol. The molecule has 0 spiro atoms. The predicted octanol–water partition coefficient (Wildman–Crippen LogP) is -3.33. The number of quaternary nitrogens is 1. The Morgan fingerprint density at radius 1 is 1.27 bits per heavy atom. The summed E-state index contributed by atoms with van der Waals surface area (Å²) in [5, 5.41) is 17.9. The van der Waals surface area contributed by atoms with E-state index in [0.29, 0.717) is 0 Å². The van der Waals surface area contributed by atoms with Crippen LogP contribution in [0, 0.1) is 0 Å². The van der Waals surface area contributed by atoms with Crippen LogP contribution in [0.25, 0.3) is 6.08 Å². The van der Waals surface area contributed by atoms with Gasteiger partial charge in [-0.3, -0.25) is 0 Å². The zero-order chi connectivity index (χ0) is 10.4.